The summed E-state index contributed by atoms with van der Waals surface area (Å²) in [6, 6.07) is 0. The van der Waals surface area contributed by atoms with Crippen molar-refractivity contribution in [3.8, 4) is 0 Å². The van der Waals surface area contributed by atoms with Crippen LogP contribution in [0.4, 0.5) is 0 Å². The Bertz CT molecular complexity index is 89.4. The van der Waals surface area contributed by atoms with Crippen LogP contribution in [-0.2, 0) is 0 Å². The first-order chi connectivity index (χ1) is 4.91. The van der Waals surface area contributed by atoms with Crippen LogP contribution in [0.25, 0.3) is 0 Å². The van der Waals surface area contributed by atoms with Crippen molar-refractivity contribution in [1.82, 2.24) is 10.6 Å². The maximum Gasteiger partial charge on any atom is 0.0432 e. The second-order valence-corrected chi connectivity index (χ2v) is 2.91. The lowest BCUT2D eigenvalue weighted by atomic mass is 9.91. The summed E-state index contributed by atoms with van der Waals surface area (Å²) in [7, 11) is 0. The topological polar surface area (TPSA) is 24.1 Å². The summed E-state index contributed by atoms with van der Waals surface area (Å²) in [5, 5.41) is 6.79. The Morgan fingerprint density at radius 3 is 2.10 bits per heavy atom. The van der Waals surface area contributed by atoms with Crippen LogP contribution in [0.5, 0.6) is 0 Å². The molecule has 0 unspecified atom stereocenters. The molecule has 0 atom stereocenters. The fourth-order valence-corrected chi connectivity index (χ4v) is 1.60. The molecule has 1 spiro atoms. The van der Waals surface area contributed by atoms with Crippen molar-refractivity contribution in [3.63, 3.8) is 0 Å². The van der Waals surface area contributed by atoms with Gasteiger partial charge in [-0.3, -0.25) is 0 Å². The van der Waals surface area contributed by atoms with Gasteiger partial charge in [-0.25, -0.2) is 0 Å². The largest absolute Gasteiger partial charge is 0.313 e. The zero-order valence-corrected chi connectivity index (χ0v) is 7.04. The molecule has 0 aromatic carbocycles. The van der Waals surface area contributed by atoms with Crippen LogP contribution in [0.1, 0.15) is 26.7 Å². The number of hydrogen-bond donors (Lipinski definition) is 2. The van der Waals surface area contributed by atoms with Gasteiger partial charge < -0.3 is 10.6 Å². The van der Waals surface area contributed by atoms with Crippen LogP contribution < -0.4 is 10.6 Å². The molecular weight excluding hydrogens is 124 g/mol. The zero-order valence-electron chi connectivity index (χ0n) is 7.04. The second-order valence-electron chi connectivity index (χ2n) is 2.91. The molecular formula is C8H18N2. The lowest BCUT2D eigenvalue weighted by Gasteiger charge is -2.39. The molecule has 2 saturated heterocycles. The van der Waals surface area contributed by atoms with Crippen molar-refractivity contribution < 1.29 is 0 Å². The molecule has 0 aliphatic carbocycles. The third kappa shape index (κ3) is 1.32. The third-order valence-electron chi connectivity index (χ3n) is 2.26. The maximum absolute atomic E-state index is 3.51. The summed E-state index contributed by atoms with van der Waals surface area (Å²) in [6.45, 7) is 7.64. The molecule has 60 valence electrons. The van der Waals surface area contributed by atoms with E-state index in [0.29, 0.717) is 5.54 Å². The van der Waals surface area contributed by atoms with E-state index < -0.39 is 0 Å². The SMILES string of the molecule is C1CNC2(C1)CNC2.CC. The lowest BCUT2D eigenvalue weighted by Crippen LogP contribution is -2.64. The molecule has 2 nitrogen and oxygen atoms in total. The standard InChI is InChI=1S/C6H12N2.C2H6/c1-2-6(8-3-1)4-7-5-6;1-2/h7-8H,1-5H2;1-2H3. The van der Waals surface area contributed by atoms with Crippen molar-refractivity contribution in [1.29, 1.82) is 0 Å². The first-order valence-electron chi connectivity index (χ1n) is 4.37. The summed E-state index contributed by atoms with van der Waals surface area (Å²) in [5.74, 6) is 0. The molecule has 2 aliphatic heterocycles. The molecule has 0 amide bonds. The summed E-state index contributed by atoms with van der Waals surface area (Å²) in [6.07, 6.45) is 2.77. The Hall–Kier alpha value is -0.0800. The minimum Gasteiger partial charge on any atom is -0.313 e. The van der Waals surface area contributed by atoms with Gasteiger partial charge in [0.25, 0.3) is 0 Å². The highest BCUT2D eigenvalue weighted by atomic mass is 15.2. The predicted molar refractivity (Wildman–Crippen MR) is 44.2 cm³/mol. The highest BCUT2D eigenvalue weighted by molar-refractivity contribution is 5.03. The predicted octanol–water partition coefficient (Wildman–Crippen LogP) is 0.738. The van der Waals surface area contributed by atoms with E-state index in [-0.39, 0.29) is 0 Å². The van der Waals surface area contributed by atoms with Gasteiger partial charge in [0.1, 0.15) is 0 Å². The Labute approximate surface area is 63.4 Å². The average molecular weight is 142 g/mol. The van der Waals surface area contributed by atoms with Gasteiger partial charge in [-0.15, -0.1) is 0 Å². The minimum absolute atomic E-state index is 0.556. The van der Waals surface area contributed by atoms with Crippen LogP contribution in [-0.4, -0.2) is 25.2 Å². The summed E-state index contributed by atoms with van der Waals surface area (Å²) in [5.41, 5.74) is 0.556. The van der Waals surface area contributed by atoms with Gasteiger partial charge >= 0.3 is 0 Å². The summed E-state index contributed by atoms with van der Waals surface area (Å²) >= 11 is 0. The molecule has 10 heavy (non-hydrogen) atoms. The van der Waals surface area contributed by atoms with Gasteiger partial charge in [0.15, 0.2) is 0 Å². The molecule has 2 rings (SSSR count). The Kier molecular flexibility index (Phi) is 2.69. The van der Waals surface area contributed by atoms with E-state index in [2.05, 4.69) is 10.6 Å². The van der Waals surface area contributed by atoms with Crippen molar-refractivity contribution in [2.45, 2.75) is 32.2 Å². The number of rotatable bonds is 0. The fraction of sp³-hybridized carbons (Fsp3) is 1.00. The molecule has 2 N–H and O–H groups in total. The monoisotopic (exact) mass is 142 g/mol. The van der Waals surface area contributed by atoms with E-state index in [0.717, 1.165) is 0 Å². The smallest absolute Gasteiger partial charge is 0.0432 e. The molecule has 2 heteroatoms. The normalized spacial score (nSPS) is 27.0. The highest BCUT2D eigenvalue weighted by Crippen LogP contribution is 2.22. The van der Waals surface area contributed by atoms with Crippen molar-refractivity contribution in [3.05, 3.63) is 0 Å². The lowest BCUT2D eigenvalue weighted by molar-refractivity contribution is 0.248. The van der Waals surface area contributed by atoms with Gasteiger partial charge in [-0.05, 0) is 19.4 Å². The Balaban J connectivity index is 0.000000231. The first kappa shape index (κ1) is 8.02. The number of nitrogens with one attached hydrogen (secondary N) is 2. The molecule has 0 bridgehead atoms. The minimum atomic E-state index is 0.556. The van der Waals surface area contributed by atoms with Crippen molar-refractivity contribution >= 4 is 0 Å². The van der Waals surface area contributed by atoms with Crippen LogP contribution in [0, 0.1) is 0 Å². The summed E-state index contributed by atoms with van der Waals surface area (Å²) in [4.78, 5) is 0. The van der Waals surface area contributed by atoms with Crippen LogP contribution in [0.2, 0.25) is 0 Å². The number of hydrogen-bond acceptors (Lipinski definition) is 2. The molecule has 0 aromatic heterocycles. The van der Waals surface area contributed by atoms with E-state index in [1.807, 2.05) is 13.8 Å². The Morgan fingerprint density at radius 2 is 1.90 bits per heavy atom. The van der Waals surface area contributed by atoms with E-state index in [9.17, 15) is 0 Å². The van der Waals surface area contributed by atoms with E-state index in [1.165, 1.54) is 32.5 Å². The molecule has 0 aromatic rings. The van der Waals surface area contributed by atoms with Crippen molar-refractivity contribution in [2.75, 3.05) is 19.6 Å². The van der Waals surface area contributed by atoms with Gasteiger partial charge in [0.05, 0.1) is 0 Å². The maximum atomic E-state index is 3.51. The average Bonchev–Trinajstić information content (AvgIpc) is 2.38. The second kappa shape index (κ2) is 3.35. The molecule has 2 aliphatic rings. The van der Waals surface area contributed by atoms with Gasteiger partial charge in [0, 0.05) is 18.6 Å². The van der Waals surface area contributed by atoms with Crippen LogP contribution in [0.3, 0.4) is 0 Å². The molecule has 2 heterocycles. The fourth-order valence-electron chi connectivity index (χ4n) is 1.60. The molecule has 0 saturated carbocycles. The Morgan fingerprint density at radius 1 is 1.20 bits per heavy atom. The van der Waals surface area contributed by atoms with Crippen LogP contribution >= 0.6 is 0 Å². The van der Waals surface area contributed by atoms with Crippen molar-refractivity contribution in [2.24, 2.45) is 0 Å². The van der Waals surface area contributed by atoms with E-state index in [4.69, 9.17) is 0 Å². The van der Waals surface area contributed by atoms with Gasteiger partial charge in [-0.1, -0.05) is 13.8 Å². The van der Waals surface area contributed by atoms with Gasteiger partial charge in [-0.2, -0.15) is 0 Å². The summed E-state index contributed by atoms with van der Waals surface area (Å²) < 4.78 is 0. The highest BCUT2D eigenvalue weighted by Gasteiger charge is 2.38. The molecule has 2 fully saturated rings. The van der Waals surface area contributed by atoms with E-state index >= 15 is 0 Å². The van der Waals surface area contributed by atoms with Crippen LogP contribution in [0.15, 0.2) is 0 Å². The molecule has 0 radical (unpaired) electrons. The third-order valence-corrected chi connectivity index (χ3v) is 2.26. The quantitative estimate of drug-likeness (QED) is 0.521. The van der Waals surface area contributed by atoms with E-state index in [1.54, 1.807) is 0 Å². The van der Waals surface area contributed by atoms with Gasteiger partial charge in [0.2, 0.25) is 0 Å². The zero-order chi connectivity index (χ0) is 7.45. The first-order valence-corrected chi connectivity index (χ1v) is 4.37.